The lowest BCUT2D eigenvalue weighted by Gasteiger charge is -2.03. The fraction of sp³-hybridized carbons (Fsp3) is 0.154. The standard InChI is InChI=1S/C13H12N4O/c1-16-12(6-7-15-16)13(18)8-17-9-14-10-4-2-3-5-11(10)17/h2-7,9H,8H2,1H3. The van der Waals surface area contributed by atoms with Crippen molar-refractivity contribution in [3.63, 3.8) is 0 Å². The third-order valence-corrected chi connectivity index (χ3v) is 2.95. The van der Waals surface area contributed by atoms with Gasteiger partial charge in [0.25, 0.3) is 0 Å². The highest BCUT2D eigenvalue weighted by Gasteiger charge is 2.12. The van der Waals surface area contributed by atoms with E-state index in [2.05, 4.69) is 10.1 Å². The summed E-state index contributed by atoms with van der Waals surface area (Å²) in [6.45, 7) is 0.278. The number of nitrogens with zero attached hydrogens (tertiary/aromatic N) is 4. The van der Waals surface area contributed by atoms with Gasteiger partial charge in [-0.25, -0.2) is 4.98 Å². The van der Waals surface area contributed by atoms with E-state index in [0.29, 0.717) is 5.69 Å². The molecule has 0 aliphatic carbocycles. The van der Waals surface area contributed by atoms with Crippen molar-refractivity contribution >= 4 is 16.8 Å². The summed E-state index contributed by atoms with van der Waals surface area (Å²) in [6.07, 6.45) is 3.32. The Hall–Kier alpha value is -2.43. The summed E-state index contributed by atoms with van der Waals surface area (Å²) in [5, 5.41) is 4.00. The molecule has 90 valence electrons. The topological polar surface area (TPSA) is 52.7 Å². The van der Waals surface area contributed by atoms with E-state index in [4.69, 9.17) is 0 Å². The summed E-state index contributed by atoms with van der Waals surface area (Å²) in [5.74, 6) is 0.0261. The van der Waals surface area contributed by atoms with Crippen molar-refractivity contribution in [2.45, 2.75) is 6.54 Å². The predicted molar refractivity (Wildman–Crippen MR) is 67.3 cm³/mol. The number of benzene rings is 1. The molecule has 0 saturated carbocycles. The number of aromatic nitrogens is 4. The average molecular weight is 240 g/mol. The molecule has 0 bridgehead atoms. The quantitative estimate of drug-likeness (QED) is 0.654. The Kier molecular flexibility index (Phi) is 2.44. The summed E-state index contributed by atoms with van der Waals surface area (Å²) in [5.41, 5.74) is 2.47. The van der Waals surface area contributed by atoms with Crippen LogP contribution in [0.2, 0.25) is 0 Å². The number of aryl methyl sites for hydroxylation is 1. The number of hydrogen-bond donors (Lipinski definition) is 0. The van der Waals surface area contributed by atoms with Crippen LogP contribution >= 0.6 is 0 Å². The Bertz CT molecular complexity index is 710. The maximum Gasteiger partial charge on any atom is 0.200 e. The van der Waals surface area contributed by atoms with Crippen molar-refractivity contribution in [2.24, 2.45) is 7.05 Å². The first kappa shape index (κ1) is 10.7. The molecule has 0 aliphatic heterocycles. The largest absolute Gasteiger partial charge is 0.323 e. The fourth-order valence-electron chi connectivity index (χ4n) is 2.02. The minimum absolute atomic E-state index is 0.0261. The van der Waals surface area contributed by atoms with Gasteiger partial charge in [-0.1, -0.05) is 12.1 Å². The molecule has 2 heterocycles. The Labute approximate surface area is 104 Å². The molecule has 5 heteroatoms. The van der Waals surface area contributed by atoms with Crippen molar-refractivity contribution in [1.29, 1.82) is 0 Å². The summed E-state index contributed by atoms with van der Waals surface area (Å²) in [4.78, 5) is 16.4. The maximum atomic E-state index is 12.1. The van der Waals surface area contributed by atoms with E-state index < -0.39 is 0 Å². The zero-order chi connectivity index (χ0) is 12.5. The van der Waals surface area contributed by atoms with Gasteiger partial charge in [0.1, 0.15) is 5.69 Å². The molecule has 0 fully saturated rings. The first-order valence-electron chi connectivity index (χ1n) is 5.67. The van der Waals surface area contributed by atoms with E-state index in [9.17, 15) is 4.79 Å². The molecule has 3 aromatic rings. The van der Waals surface area contributed by atoms with Crippen LogP contribution in [-0.4, -0.2) is 25.1 Å². The molecule has 1 aromatic carbocycles. The second-order valence-corrected chi connectivity index (χ2v) is 4.12. The lowest BCUT2D eigenvalue weighted by atomic mass is 10.2. The normalized spacial score (nSPS) is 10.9. The molecule has 2 aromatic heterocycles. The summed E-state index contributed by atoms with van der Waals surface area (Å²) < 4.78 is 3.44. The summed E-state index contributed by atoms with van der Waals surface area (Å²) in [7, 11) is 1.76. The van der Waals surface area contributed by atoms with Crippen LogP contribution in [0.5, 0.6) is 0 Å². The van der Waals surface area contributed by atoms with Gasteiger partial charge in [-0.15, -0.1) is 0 Å². The molecule has 0 unspecified atom stereocenters. The Balaban J connectivity index is 1.93. The van der Waals surface area contributed by atoms with Crippen LogP contribution in [0.25, 0.3) is 11.0 Å². The molecular weight excluding hydrogens is 228 g/mol. The van der Waals surface area contributed by atoms with Gasteiger partial charge in [0.05, 0.1) is 23.9 Å². The van der Waals surface area contributed by atoms with Crippen LogP contribution < -0.4 is 0 Å². The first-order valence-corrected chi connectivity index (χ1v) is 5.67. The number of imidazole rings is 1. The van der Waals surface area contributed by atoms with Crippen LogP contribution in [0.1, 0.15) is 10.5 Å². The monoisotopic (exact) mass is 240 g/mol. The number of carbonyl (C=O) groups is 1. The highest BCUT2D eigenvalue weighted by atomic mass is 16.1. The van der Waals surface area contributed by atoms with E-state index >= 15 is 0 Å². The van der Waals surface area contributed by atoms with Crippen molar-refractivity contribution in [2.75, 3.05) is 0 Å². The molecule has 0 aliphatic rings. The molecule has 3 rings (SSSR count). The lowest BCUT2D eigenvalue weighted by Crippen LogP contribution is -2.13. The van der Waals surface area contributed by atoms with E-state index in [1.807, 2.05) is 28.8 Å². The van der Waals surface area contributed by atoms with Crippen LogP contribution in [0.4, 0.5) is 0 Å². The second-order valence-electron chi connectivity index (χ2n) is 4.12. The molecule has 0 spiro atoms. The molecule has 5 nitrogen and oxygen atoms in total. The summed E-state index contributed by atoms with van der Waals surface area (Å²) >= 11 is 0. The van der Waals surface area contributed by atoms with E-state index in [-0.39, 0.29) is 12.3 Å². The van der Waals surface area contributed by atoms with E-state index in [1.54, 1.807) is 30.3 Å². The van der Waals surface area contributed by atoms with E-state index in [1.165, 1.54) is 0 Å². The zero-order valence-corrected chi connectivity index (χ0v) is 9.95. The van der Waals surface area contributed by atoms with Gasteiger partial charge in [-0.05, 0) is 18.2 Å². The SMILES string of the molecule is Cn1nccc1C(=O)Cn1cnc2ccccc21. The molecule has 0 N–H and O–H groups in total. The number of Topliss-reactive ketones (excluding diaryl/α,β-unsaturated/α-hetero) is 1. The van der Waals surface area contributed by atoms with Gasteiger partial charge >= 0.3 is 0 Å². The van der Waals surface area contributed by atoms with Crippen molar-refractivity contribution in [1.82, 2.24) is 19.3 Å². The predicted octanol–water partition coefficient (Wildman–Crippen LogP) is 1.65. The lowest BCUT2D eigenvalue weighted by molar-refractivity contribution is 0.0964. The molecule has 18 heavy (non-hydrogen) atoms. The number of hydrogen-bond acceptors (Lipinski definition) is 3. The van der Waals surface area contributed by atoms with Crippen LogP contribution in [-0.2, 0) is 13.6 Å². The fourth-order valence-corrected chi connectivity index (χ4v) is 2.02. The molecular formula is C13H12N4O. The van der Waals surface area contributed by atoms with Crippen molar-refractivity contribution < 1.29 is 4.79 Å². The van der Waals surface area contributed by atoms with Gasteiger partial charge in [-0.3, -0.25) is 9.48 Å². The van der Waals surface area contributed by atoms with Crippen molar-refractivity contribution in [3.05, 3.63) is 48.5 Å². The Morgan fingerprint density at radius 1 is 1.28 bits per heavy atom. The summed E-state index contributed by atoms with van der Waals surface area (Å²) in [6, 6.07) is 9.48. The zero-order valence-electron chi connectivity index (χ0n) is 9.95. The maximum absolute atomic E-state index is 12.1. The minimum atomic E-state index is 0.0261. The van der Waals surface area contributed by atoms with Gasteiger partial charge in [0.2, 0.25) is 0 Å². The third kappa shape index (κ3) is 1.69. The smallest absolute Gasteiger partial charge is 0.200 e. The molecule has 0 atom stereocenters. The number of rotatable bonds is 3. The Morgan fingerprint density at radius 3 is 2.89 bits per heavy atom. The van der Waals surface area contributed by atoms with Gasteiger partial charge in [-0.2, -0.15) is 5.10 Å². The van der Waals surface area contributed by atoms with Crippen molar-refractivity contribution in [3.8, 4) is 0 Å². The highest BCUT2D eigenvalue weighted by Crippen LogP contribution is 2.12. The number of para-hydroxylation sites is 2. The van der Waals surface area contributed by atoms with E-state index in [0.717, 1.165) is 11.0 Å². The number of carbonyl (C=O) groups excluding carboxylic acids is 1. The average Bonchev–Trinajstić information content (AvgIpc) is 2.97. The number of fused-ring (bicyclic) bond motifs is 1. The molecule has 0 amide bonds. The molecule has 0 saturated heterocycles. The van der Waals surface area contributed by atoms with Gasteiger partial charge in [0.15, 0.2) is 5.78 Å². The number of ketones is 1. The Morgan fingerprint density at radius 2 is 2.11 bits per heavy atom. The van der Waals surface area contributed by atoms with Crippen LogP contribution in [0, 0.1) is 0 Å². The van der Waals surface area contributed by atoms with Crippen LogP contribution in [0.3, 0.4) is 0 Å². The minimum Gasteiger partial charge on any atom is -0.323 e. The third-order valence-electron chi connectivity index (χ3n) is 2.95. The first-order chi connectivity index (χ1) is 8.75. The highest BCUT2D eigenvalue weighted by molar-refractivity contribution is 5.95. The second kappa shape index (κ2) is 4.10. The molecule has 0 radical (unpaired) electrons. The van der Waals surface area contributed by atoms with Gasteiger partial charge < -0.3 is 4.57 Å². The van der Waals surface area contributed by atoms with Gasteiger partial charge in [0, 0.05) is 13.2 Å². The van der Waals surface area contributed by atoms with Crippen LogP contribution in [0.15, 0.2) is 42.9 Å².